The van der Waals surface area contributed by atoms with Gasteiger partial charge in [0, 0.05) is 0 Å². The monoisotopic (exact) mass is 586 g/mol. The van der Waals surface area contributed by atoms with Crippen LogP contribution in [0.4, 0.5) is 74.6 Å². The molecule has 0 unspecified atom stereocenters. The summed E-state index contributed by atoms with van der Waals surface area (Å²) in [5, 5.41) is 0. The summed E-state index contributed by atoms with van der Waals surface area (Å²) >= 11 is 0. The fraction of sp³-hybridized carbons (Fsp3) is 0.722. The van der Waals surface area contributed by atoms with Gasteiger partial charge in [-0.2, -0.15) is 74.6 Å². The highest BCUT2D eigenvalue weighted by molar-refractivity contribution is 5.92. The minimum atomic E-state index is -8.71. The van der Waals surface area contributed by atoms with Crippen molar-refractivity contribution in [3.8, 4) is 0 Å². The van der Waals surface area contributed by atoms with Crippen molar-refractivity contribution in [3.63, 3.8) is 0 Å². The molecule has 0 aliphatic heterocycles. The lowest BCUT2D eigenvalue weighted by Gasteiger charge is -2.42. The number of hydrogen-bond donors (Lipinski definition) is 0. The lowest BCUT2D eigenvalue weighted by atomic mass is 9.89. The highest BCUT2D eigenvalue weighted by Crippen LogP contribution is 2.63. The fourth-order valence-corrected chi connectivity index (χ4v) is 2.22. The highest BCUT2D eigenvalue weighted by atomic mass is 19.4. The molecule has 0 fully saturated rings. The number of halogens is 17. The van der Waals surface area contributed by atoms with Gasteiger partial charge in [-0.05, 0) is 33.8 Å². The smallest absolute Gasteiger partial charge is 0.455 e. The van der Waals surface area contributed by atoms with Crippen LogP contribution in [0.5, 0.6) is 0 Å². The Hall–Kier alpha value is -2.24. The molecule has 0 aromatic rings. The van der Waals surface area contributed by atoms with Gasteiger partial charge in [-0.1, -0.05) is 11.1 Å². The van der Waals surface area contributed by atoms with E-state index in [0.29, 0.717) is 0 Å². The van der Waals surface area contributed by atoms with Crippen LogP contribution >= 0.6 is 0 Å². The van der Waals surface area contributed by atoms with Crippen molar-refractivity contribution in [3.05, 3.63) is 22.8 Å². The van der Waals surface area contributed by atoms with Crippen molar-refractivity contribution in [1.82, 2.24) is 0 Å². The van der Waals surface area contributed by atoms with E-state index >= 15 is 0 Å². The molecule has 0 saturated heterocycles. The van der Waals surface area contributed by atoms with Crippen molar-refractivity contribution < 1.29 is 84.2 Å². The van der Waals surface area contributed by atoms with E-state index in [0.717, 1.165) is 19.9 Å². The second-order valence-electron chi connectivity index (χ2n) is 7.86. The predicted octanol–water partition coefficient (Wildman–Crippen LogP) is 7.84. The Kier molecular flexibility index (Phi) is 9.22. The van der Waals surface area contributed by atoms with E-state index in [1.165, 1.54) is 13.8 Å². The van der Waals surface area contributed by atoms with E-state index in [1.54, 1.807) is 0 Å². The summed E-state index contributed by atoms with van der Waals surface area (Å²) in [5.41, 5.74) is -0.474. The number of rotatable bonds is 10. The number of hydrogen-bond acceptors (Lipinski definition) is 2. The Bertz CT molecular complexity index is 917. The molecule has 0 aliphatic carbocycles. The molecule has 0 aliphatic rings. The topological polar surface area (TPSA) is 26.3 Å². The third-order valence-corrected chi connectivity index (χ3v) is 4.36. The summed E-state index contributed by atoms with van der Waals surface area (Å²) in [7, 11) is 0. The van der Waals surface area contributed by atoms with Crippen LogP contribution in [-0.4, -0.2) is 60.2 Å². The first-order chi connectivity index (χ1) is 15.9. The number of ether oxygens (including phenoxy) is 1. The Morgan fingerprint density at radius 3 is 1.19 bits per heavy atom. The number of carbonyl (C=O) groups is 1. The molecule has 2 nitrogen and oxygen atoms in total. The second kappa shape index (κ2) is 9.81. The minimum Gasteiger partial charge on any atom is -0.455 e. The van der Waals surface area contributed by atoms with Gasteiger partial charge in [0.2, 0.25) is 0 Å². The van der Waals surface area contributed by atoms with E-state index in [9.17, 15) is 79.4 Å². The van der Waals surface area contributed by atoms with Crippen LogP contribution in [0.15, 0.2) is 22.8 Å². The van der Waals surface area contributed by atoms with E-state index in [4.69, 9.17) is 0 Å². The molecule has 0 heterocycles. The molecule has 0 aromatic carbocycles. The molecule has 0 rings (SSSR count). The summed E-state index contributed by atoms with van der Waals surface area (Å²) < 4.78 is 228. The van der Waals surface area contributed by atoms with Gasteiger partial charge in [-0.3, -0.25) is 0 Å². The molecule has 19 heteroatoms. The van der Waals surface area contributed by atoms with Gasteiger partial charge in [0.15, 0.2) is 6.61 Å². The van der Waals surface area contributed by atoms with Crippen LogP contribution in [0.3, 0.4) is 0 Å². The van der Waals surface area contributed by atoms with Gasteiger partial charge < -0.3 is 4.74 Å². The minimum absolute atomic E-state index is 0.0643. The zero-order chi connectivity index (χ0) is 30.4. The van der Waals surface area contributed by atoms with Crippen molar-refractivity contribution in [1.29, 1.82) is 0 Å². The van der Waals surface area contributed by atoms with Gasteiger partial charge in [-0.15, -0.1) is 0 Å². The van der Waals surface area contributed by atoms with Gasteiger partial charge in [0.1, 0.15) is 0 Å². The largest absolute Gasteiger partial charge is 0.460 e. The zero-order valence-electron chi connectivity index (χ0n) is 18.5. The summed E-state index contributed by atoms with van der Waals surface area (Å²) in [5.74, 6) is -59.3. The van der Waals surface area contributed by atoms with Crippen LogP contribution in [0, 0.1) is 0 Å². The van der Waals surface area contributed by atoms with Crippen molar-refractivity contribution in [2.24, 2.45) is 0 Å². The maximum absolute atomic E-state index is 13.8. The first-order valence-corrected chi connectivity index (χ1v) is 9.09. The number of carbonyl (C=O) groups excluding carboxylic acids is 1. The summed E-state index contributed by atoms with van der Waals surface area (Å²) in [6.45, 7) is 1.57. The van der Waals surface area contributed by atoms with Crippen LogP contribution in [-0.2, 0) is 9.53 Å². The van der Waals surface area contributed by atoms with E-state index in [-0.39, 0.29) is 11.1 Å². The first-order valence-electron chi connectivity index (χ1n) is 9.09. The van der Waals surface area contributed by atoms with Crippen LogP contribution in [0.25, 0.3) is 0 Å². The van der Waals surface area contributed by atoms with Crippen LogP contribution in [0.2, 0.25) is 0 Å². The Balaban J connectivity index is 6.53. The molecule has 0 radical (unpaired) electrons. The third kappa shape index (κ3) is 5.49. The van der Waals surface area contributed by atoms with Gasteiger partial charge in [0.05, 0.1) is 5.57 Å². The molecule has 0 aromatic heterocycles. The first kappa shape index (κ1) is 34.8. The maximum Gasteiger partial charge on any atom is 0.460 e. The molecule has 37 heavy (non-hydrogen) atoms. The quantitative estimate of drug-likeness (QED) is 0.113. The normalized spacial score (nSPS) is 14.8. The van der Waals surface area contributed by atoms with Gasteiger partial charge >= 0.3 is 53.6 Å². The second-order valence-corrected chi connectivity index (χ2v) is 7.86. The van der Waals surface area contributed by atoms with Crippen molar-refractivity contribution >= 4 is 5.97 Å². The average Bonchev–Trinajstić information content (AvgIpc) is 2.68. The van der Waals surface area contributed by atoms with Crippen molar-refractivity contribution in [2.45, 2.75) is 75.3 Å². The molecular formula is C18H15F17O2. The average molecular weight is 586 g/mol. The molecule has 218 valence electrons. The van der Waals surface area contributed by atoms with E-state index in [2.05, 4.69) is 4.74 Å². The number of alkyl halides is 17. The molecule has 0 N–H and O–H groups in total. The Morgan fingerprint density at radius 2 is 0.892 bits per heavy atom. The molecule has 0 bridgehead atoms. The molecule has 0 spiro atoms. The maximum atomic E-state index is 13.8. The van der Waals surface area contributed by atoms with E-state index in [1.807, 2.05) is 0 Å². The predicted molar refractivity (Wildman–Crippen MR) is 89.4 cm³/mol. The lowest BCUT2D eigenvalue weighted by molar-refractivity contribution is -0.462. The highest BCUT2D eigenvalue weighted by Gasteiger charge is 2.95. The van der Waals surface area contributed by atoms with Gasteiger partial charge in [0.25, 0.3) is 0 Å². The van der Waals surface area contributed by atoms with Gasteiger partial charge in [-0.25, -0.2) is 4.79 Å². The molecular weight excluding hydrogens is 571 g/mol. The molecule has 0 atom stereocenters. The van der Waals surface area contributed by atoms with Crippen LogP contribution in [0.1, 0.15) is 27.7 Å². The lowest BCUT2D eigenvalue weighted by Crippen LogP contribution is -2.74. The Morgan fingerprint density at radius 1 is 0.568 bits per heavy atom. The zero-order valence-corrected chi connectivity index (χ0v) is 18.5. The Labute approximate surface area is 196 Å². The molecule has 0 amide bonds. The third-order valence-electron chi connectivity index (χ3n) is 4.36. The summed E-state index contributed by atoms with van der Waals surface area (Å²) in [4.78, 5) is 11.8. The standard InChI is InChI=1S/C18H15F17O2/c1-7(2)5-9(8(3)4)10(36)37-6-11(19,20)12(21,22)13(23,24)14(25,26)15(27,28)16(29,30)17(31,32)18(33,34)35/h5H,6H2,1-4H3. The number of esters is 1. The SMILES string of the molecule is CC(C)=CC(C(=O)OCC(F)(F)C(F)(F)C(F)(F)C(F)(F)C(F)(F)C(F)(F)C(F)(F)C(F)(F)F)=C(C)C. The number of allylic oxidation sites excluding steroid dienone is 2. The van der Waals surface area contributed by atoms with Crippen molar-refractivity contribution in [2.75, 3.05) is 6.61 Å². The summed E-state index contributed by atoms with van der Waals surface area (Å²) in [6.07, 6.45) is -6.93. The molecule has 0 saturated carbocycles. The summed E-state index contributed by atoms with van der Waals surface area (Å²) in [6, 6.07) is 0. The fourth-order valence-electron chi connectivity index (χ4n) is 2.22. The van der Waals surface area contributed by atoms with E-state index < -0.39 is 65.8 Å². The van der Waals surface area contributed by atoms with Crippen LogP contribution < -0.4 is 0 Å².